The molecule has 5 aromatic rings. The van der Waals surface area contributed by atoms with Crippen molar-refractivity contribution in [1.29, 1.82) is 0 Å². The Morgan fingerprint density at radius 1 is 0.906 bits per heavy atom. The summed E-state index contributed by atoms with van der Waals surface area (Å²) in [7, 11) is 0. The van der Waals surface area contributed by atoms with Gasteiger partial charge in [0.1, 0.15) is 17.0 Å². The maximum atomic E-state index is 6.41. The molecule has 0 bridgehead atoms. The number of aromatic nitrogens is 6. The van der Waals surface area contributed by atoms with Crippen LogP contribution in [0.15, 0.2) is 79.4 Å². The Kier molecular flexibility index (Phi) is 5.50. The van der Waals surface area contributed by atoms with Gasteiger partial charge in [0.05, 0.1) is 5.69 Å². The van der Waals surface area contributed by atoms with E-state index in [1.807, 2.05) is 42.5 Å². The van der Waals surface area contributed by atoms with Crippen LogP contribution in [0.4, 0.5) is 5.82 Å². The number of hydrogen-bond donors (Lipinski definition) is 3. The van der Waals surface area contributed by atoms with E-state index >= 15 is 0 Å². The molecule has 8 nitrogen and oxygen atoms in total. The molecule has 4 N–H and O–H groups in total. The van der Waals surface area contributed by atoms with Crippen molar-refractivity contribution in [3.8, 4) is 22.8 Å². The van der Waals surface area contributed by atoms with E-state index in [1.54, 1.807) is 24.8 Å². The highest BCUT2D eigenvalue weighted by Gasteiger charge is 2.16. The molecule has 1 aromatic carbocycles. The average molecular weight is 422 g/mol. The summed E-state index contributed by atoms with van der Waals surface area (Å²) in [5, 5.41) is 11.4. The fourth-order valence-corrected chi connectivity index (χ4v) is 3.62. The molecule has 8 heteroatoms. The van der Waals surface area contributed by atoms with Gasteiger partial charge in [-0.05, 0) is 36.2 Å². The van der Waals surface area contributed by atoms with Crippen LogP contribution in [0.2, 0.25) is 0 Å². The number of rotatable bonds is 7. The highest BCUT2D eigenvalue weighted by molar-refractivity contribution is 5.97. The minimum Gasteiger partial charge on any atom is -0.368 e. The molecule has 4 heterocycles. The first-order chi connectivity index (χ1) is 15.8. The SMILES string of the molecule is N[C@@H](CNc1nc(-c2ccncc2)nc2c(-c3ccn[nH]3)nccc12)Cc1ccccc1. The van der Waals surface area contributed by atoms with Crippen LogP contribution in [0.5, 0.6) is 0 Å². The molecule has 4 aromatic heterocycles. The topological polar surface area (TPSA) is 118 Å². The Labute approximate surface area is 185 Å². The van der Waals surface area contributed by atoms with Crippen LogP contribution in [-0.4, -0.2) is 42.7 Å². The highest BCUT2D eigenvalue weighted by atomic mass is 15.1. The fraction of sp³-hybridized carbons (Fsp3) is 0.125. The van der Waals surface area contributed by atoms with Crippen LogP contribution in [0, 0.1) is 0 Å². The average Bonchev–Trinajstić information content (AvgIpc) is 3.38. The van der Waals surface area contributed by atoms with Gasteiger partial charge in [0.25, 0.3) is 0 Å². The predicted molar refractivity (Wildman–Crippen MR) is 125 cm³/mol. The molecule has 158 valence electrons. The second-order valence-electron chi connectivity index (χ2n) is 7.49. The minimum atomic E-state index is -0.0688. The summed E-state index contributed by atoms with van der Waals surface area (Å²) in [4.78, 5) is 18.3. The molecule has 0 saturated heterocycles. The van der Waals surface area contributed by atoms with Crippen molar-refractivity contribution in [2.24, 2.45) is 5.73 Å². The smallest absolute Gasteiger partial charge is 0.162 e. The predicted octanol–water partition coefficient (Wildman–Crippen LogP) is 3.46. The quantitative estimate of drug-likeness (QED) is 0.367. The molecule has 0 aliphatic rings. The molecule has 0 unspecified atom stereocenters. The Bertz CT molecular complexity index is 1300. The summed E-state index contributed by atoms with van der Waals surface area (Å²) in [6.45, 7) is 0.568. The fourth-order valence-electron chi connectivity index (χ4n) is 3.62. The number of anilines is 1. The summed E-state index contributed by atoms with van der Waals surface area (Å²) in [6.07, 6.45) is 7.68. The summed E-state index contributed by atoms with van der Waals surface area (Å²) in [6, 6.07) is 17.7. The molecule has 0 aliphatic heterocycles. The Morgan fingerprint density at radius 2 is 1.75 bits per heavy atom. The Hall–Kier alpha value is -4.17. The van der Waals surface area contributed by atoms with Crippen LogP contribution in [0.25, 0.3) is 33.7 Å². The lowest BCUT2D eigenvalue weighted by atomic mass is 10.1. The largest absolute Gasteiger partial charge is 0.368 e. The van der Waals surface area contributed by atoms with Gasteiger partial charge in [0, 0.05) is 48.3 Å². The van der Waals surface area contributed by atoms with E-state index in [0.29, 0.717) is 23.9 Å². The molecule has 1 atom stereocenters. The van der Waals surface area contributed by atoms with Gasteiger partial charge in [0.2, 0.25) is 0 Å². The number of pyridine rings is 2. The zero-order valence-corrected chi connectivity index (χ0v) is 17.3. The van der Waals surface area contributed by atoms with Crippen LogP contribution >= 0.6 is 0 Å². The van der Waals surface area contributed by atoms with Crippen LogP contribution in [0.3, 0.4) is 0 Å². The number of hydrogen-bond acceptors (Lipinski definition) is 7. The van der Waals surface area contributed by atoms with Gasteiger partial charge < -0.3 is 11.1 Å². The molecule has 0 radical (unpaired) electrons. The third kappa shape index (κ3) is 4.17. The first-order valence-electron chi connectivity index (χ1n) is 10.4. The summed E-state index contributed by atoms with van der Waals surface area (Å²) < 4.78 is 0. The Balaban J connectivity index is 1.52. The van der Waals surface area contributed by atoms with E-state index in [9.17, 15) is 0 Å². The van der Waals surface area contributed by atoms with Gasteiger partial charge >= 0.3 is 0 Å². The summed E-state index contributed by atoms with van der Waals surface area (Å²) in [5.74, 6) is 1.31. The molecule has 0 fully saturated rings. The first-order valence-corrected chi connectivity index (χ1v) is 10.4. The molecule has 32 heavy (non-hydrogen) atoms. The maximum Gasteiger partial charge on any atom is 0.162 e. The van der Waals surface area contributed by atoms with Crippen molar-refractivity contribution in [3.63, 3.8) is 0 Å². The number of nitrogens with one attached hydrogen (secondary N) is 2. The minimum absolute atomic E-state index is 0.0688. The molecule has 0 saturated carbocycles. The molecule has 5 rings (SSSR count). The van der Waals surface area contributed by atoms with Crippen molar-refractivity contribution in [3.05, 3.63) is 84.9 Å². The van der Waals surface area contributed by atoms with Crippen LogP contribution in [-0.2, 0) is 6.42 Å². The van der Waals surface area contributed by atoms with Gasteiger partial charge in [-0.15, -0.1) is 0 Å². The second-order valence-corrected chi connectivity index (χ2v) is 7.49. The zero-order chi connectivity index (χ0) is 21.8. The second kappa shape index (κ2) is 8.91. The van der Waals surface area contributed by atoms with Gasteiger partial charge in [0.15, 0.2) is 5.82 Å². The van der Waals surface area contributed by atoms with E-state index in [-0.39, 0.29) is 6.04 Å². The van der Waals surface area contributed by atoms with Crippen molar-refractivity contribution in [2.75, 3.05) is 11.9 Å². The maximum absolute atomic E-state index is 6.41. The monoisotopic (exact) mass is 422 g/mol. The van der Waals surface area contributed by atoms with Gasteiger partial charge in [-0.2, -0.15) is 5.10 Å². The van der Waals surface area contributed by atoms with Crippen molar-refractivity contribution < 1.29 is 0 Å². The van der Waals surface area contributed by atoms with E-state index in [0.717, 1.165) is 28.6 Å². The van der Waals surface area contributed by atoms with Crippen molar-refractivity contribution in [2.45, 2.75) is 12.5 Å². The Morgan fingerprint density at radius 3 is 2.53 bits per heavy atom. The molecule has 0 aliphatic carbocycles. The standard InChI is InChI=1S/C24H22N8/c25-18(14-16-4-2-1-3-5-16)15-28-24-19-8-12-27-22(20-9-13-29-32-20)21(19)30-23(31-24)17-6-10-26-11-7-17/h1-13,18H,14-15,25H2,(H,29,32)(H,28,30,31)/t18-/m1/s1. The van der Waals surface area contributed by atoms with E-state index in [1.165, 1.54) is 5.56 Å². The van der Waals surface area contributed by atoms with E-state index in [2.05, 4.69) is 37.6 Å². The zero-order valence-electron chi connectivity index (χ0n) is 17.3. The third-order valence-electron chi connectivity index (χ3n) is 5.18. The number of benzene rings is 1. The number of aromatic amines is 1. The van der Waals surface area contributed by atoms with E-state index in [4.69, 9.17) is 15.7 Å². The number of nitrogens with zero attached hydrogens (tertiary/aromatic N) is 5. The van der Waals surface area contributed by atoms with E-state index < -0.39 is 0 Å². The lowest BCUT2D eigenvalue weighted by Gasteiger charge is -2.16. The lowest BCUT2D eigenvalue weighted by molar-refractivity contribution is 0.698. The summed E-state index contributed by atoms with van der Waals surface area (Å²) >= 11 is 0. The lowest BCUT2D eigenvalue weighted by Crippen LogP contribution is -2.31. The van der Waals surface area contributed by atoms with Gasteiger partial charge in [-0.1, -0.05) is 30.3 Å². The molecule has 0 amide bonds. The molecular weight excluding hydrogens is 400 g/mol. The summed E-state index contributed by atoms with van der Waals surface area (Å²) in [5.41, 5.74) is 10.7. The normalized spacial score (nSPS) is 12.0. The molecular formula is C24H22N8. The number of nitrogens with two attached hydrogens (primary N) is 1. The highest BCUT2D eigenvalue weighted by Crippen LogP contribution is 2.30. The van der Waals surface area contributed by atoms with Crippen molar-refractivity contribution >= 4 is 16.7 Å². The number of fused-ring (bicyclic) bond motifs is 1. The first kappa shape index (κ1) is 19.8. The third-order valence-corrected chi connectivity index (χ3v) is 5.18. The van der Waals surface area contributed by atoms with Crippen LogP contribution < -0.4 is 11.1 Å². The molecule has 0 spiro atoms. The number of H-pyrrole nitrogens is 1. The van der Waals surface area contributed by atoms with Gasteiger partial charge in [-0.25, -0.2) is 9.97 Å². The van der Waals surface area contributed by atoms with Crippen LogP contribution in [0.1, 0.15) is 5.56 Å². The van der Waals surface area contributed by atoms with Crippen molar-refractivity contribution in [1.82, 2.24) is 30.1 Å². The van der Waals surface area contributed by atoms with Gasteiger partial charge in [-0.3, -0.25) is 15.1 Å².